The van der Waals surface area contributed by atoms with Crippen LogP contribution < -0.4 is 0 Å². The SMILES string of the molecule is O=C(O)c1ccc(Sc2cc(Cl)c(F)cc2[N+](=O)[O-])cc1. The standard InChI is InChI=1S/C13H7ClFNO4S/c14-9-5-12(11(16(19)20)6-10(9)15)21-8-3-1-7(2-4-8)13(17)18/h1-6H,(H,17,18). The van der Waals surface area contributed by atoms with E-state index in [9.17, 15) is 19.3 Å². The summed E-state index contributed by atoms with van der Waals surface area (Å²) in [4.78, 5) is 21.7. The number of nitro benzene ring substituents is 1. The highest BCUT2D eigenvalue weighted by molar-refractivity contribution is 7.99. The molecule has 0 aliphatic rings. The Labute approximate surface area is 127 Å². The van der Waals surface area contributed by atoms with Gasteiger partial charge in [0, 0.05) is 4.90 Å². The number of benzene rings is 2. The zero-order chi connectivity index (χ0) is 15.6. The van der Waals surface area contributed by atoms with Gasteiger partial charge in [-0.3, -0.25) is 10.1 Å². The molecule has 0 aliphatic heterocycles. The molecule has 2 aromatic rings. The quantitative estimate of drug-likeness (QED) is 0.671. The Kier molecular flexibility index (Phi) is 4.44. The molecule has 8 heteroatoms. The van der Waals surface area contributed by atoms with E-state index in [4.69, 9.17) is 16.7 Å². The fourth-order valence-corrected chi connectivity index (χ4v) is 2.70. The Hall–Kier alpha value is -2.12. The average molecular weight is 328 g/mol. The Bertz CT molecular complexity index is 721. The van der Waals surface area contributed by atoms with Gasteiger partial charge in [0.15, 0.2) is 0 Å². The van der Waals surface area contributed by atoms with Crippen LogP contribution in [0.5, 0.6) is 0 Å². The van der Waals surface area contributed by atoms with Gasteiger partial charge in [0.1, 0.15) is 5.82 Å². The number of carbonyl (C=O) groups is 1. The first-order valence-electron chi connectivity index (χ1n) is 5.53. The van der Waals surface area contributed by atoms with Gasteiger partial charge in [-0.1, -0.05) is 23.4 Å². The summed E-state index contributed by atoms with van der Waals surface area (Å²) in [6.45, 7) is 0. The average Bonchev–Trinajstić information content (AvgIpc) is 2.43. The molecule has 1 N–H and O–H groups in total. The number of nitrogens with zero attached hydrogens (tertiary/aromatic N) is 1. The van der Waals surface area contributed by atoms with Gasteiger partial charge in [0.25, 0.3) is 5.69 Å². The van der Waals surface area contributed by atoms with Crippen molar-refractivity contribution in [3.8, 4) is 0 Å². The molecule has 0 fully saturated rings. The first-order chi connectivity index (χ1) is 9.88. The van der Waals surface area contributed by atoms with Crippen molar-refractivity contribution in [1.82, 2.24) is 0 Å². The molecule has 0 radical (unpaired) electrons. The van der Waals surface area contributed by atoms with E-state index < -0.39 is 22.4 Å². The molecule has 0 aromatic heterocycles. The maximum Gasteiger partial charge on any atom is 0.335 e. The third-order valence-corrected chi connectivity index (χ3v) is 3.87. The Balaban J connectivity index is 2.36. The summed E-state index contributed by atoms with van der Waals surface area (Å²) in [5.41, 5.74) is -0.296. The van der Waals surface area contributed by atoms with Crippen LogP contribution in [0.3, 0.4) is 0 Å². The third-order valence-electron chi connectivity index (χ3n) is 2.53. The molecule has 0 bridgehead atoms. The Morgan fingerprint density at radius 2 is 1.90 bits per heavy atom. The zero-order valence-corrected chi connectivity index (χ0v) is 11.8. The van der Waals surface area contributed by atoms with Crippen LogP contribution in [0.2, 0.25) is 5.02 Å². The number of carboxylic acid groups (broad SMARTS) is 1. The predicted molar refractivity (Wildman–Crippen MR) is 75.6 cm³/mol. The molecule has 2 aromatic carbocycles. The van der Waals surface area contributed by atoms with Crippen LogP contribution in [0.15, 0.2) is 46.2 Å². The van der Waals surface area contributed by atoms with Gasteiger partial charge in [0.05, 0.1) is 26.5 Å². The van der Waals surface area contributed by atoms with Crippen LogP contribution >= 0.6 is 23.4 Å². The predicted octanol–water partition coefficient (Wildman–Crippen LogP) is 4.24. The Morgan fingerprint density at radius 3 is 2.43 bits per heavy atom. The minimum Gasteiger partial charge on any atom is -0.478 e. The summed E-state index contributed by atoms with van der Waals surface area (Å²) < 4.78 is 13.3. The third kappa shape index (κ3) is 3.50. The zero-order valence-electron chi connectivity index (χ0n) is 10.2. The molecule has 5 nitrogen and oxygen atoms in total. The number of halogens is 2. The van der Waals surface area contributed by atoms with Crippen molar-refractivity contribution < 1.29 is 19.2 Å². The molecule has 0 saturated carbocycles. The first kappa shape index (κ1) is 15.3. The maximum atomic E-state index is 13.3. The second-order valence-electron chi connectivity index (χ2n) is 3.92. The van der Waals surface area contributed by atoms with Crippen molar-refractivity contribution in [3.63, 3.8) is 0 Å². The molecule has 0 aliphatic carbocycles. The van der Waals surface area contributed by atoms with Crippen LogP contribution in [0.1, 0.15) is 10.4 Å². The molecular formula is C13H7ClFNO4S. The monoisotopic (exact) mass is 327 g/mol. The lowest BCUT2D eigenvalue weighted by molar-refractivity contribution is -0.387. The van der Waals surface area contributed by atoms with E-state index in [0.29, 0.717) is 4.90 Å². The van der Waals surface area contributed by atoms with Gasteiger partial charge in [0.2, 0.25) is 0 Å². The number of hydrogen-bond donors (Lipinski definition) is 1. The van der Waals surface area contributed by atoms with E-state index >= 15 is 0 Å². The summed E-state index contributed by atoms with van der Waals surface area (Å²) in [5, 5.41) is 19.5. The molecule has 0 heterocycles. The number of hydrogen-bond acceptors (Lipinski definition) is 4. The summed E-state index contributed by atoms with van der Waals surface area (Å²) in [5.74, 6) is -1.93. The largest absolute Gasteiger partial charge is 0.478 e. The highest BCUT2D eigenvalue weighted by Gasteiger charge is 2.19. The van der Waals surface area contributed by atoms with E-state index in [0.717, 1.165) is 17.8 Å². The lowest BCUT2D eigenvalue weighted by Gasteiger charge is -2.05. The molecule has 0 saturated heterocycles. The molecule has 0 spiro atoms. The van der Waals surface area contributed by atoms with Crippen molar-refractivity contribution in [2.45, 2.75) is 9.79 Å². The van der Waals surface area contributed by atoms with Gasteiger partial charge < -0.3 is 5.11 Å². The topological polar surface area (TPSA) is 80.4 Å². The molecule has 0 unspecified atom stereocenters. The number of nitro groups is 1. The molecular weight excluding hydrogens is 321 g/mol. The van der Waals surface area contributed by atoms with Crippen molar-refractivity contribution >= 4 is 35.0 Å². The maximum absolute atomic E-state index is 13.3. The number of rotatable bonds is 4. The fraction of sp³-hybridized carbons (Fsp3) is 0. The Morgan fingerprint density at radius 1 is 1.29 bits per heavy atom. The summed E-state index contributed by atoms with van der Waals surface area (Å²) in [6, 6.07) is 7.70. The summed E-state index contributed by atoms with van der Waals surface area (Å²) in [6.07, 6.45) is 0. The number of carboxylic acids is 1. The van der Waals surface area contributed by atoms with Gasteiger partial charge >= 0.3 is 5.97 Å². The second-order valence-corrected chi connectivity index (χ2v) is 5.45. The van der Waals surface area contributed by atoms with E-state index in [1.165, 1.54) is 30.3 Å². The van der Waals surface area contributed by atoms with Gasteiger partial charge in [-0.15, -0.1) is 0 Å². The van der Waals surface area contributed by atoms with E-state index in [1.807, 2.05) is 0 Å². The van der Waals surface area contributed by atoms with Crippen molar-refractivity contribution in [3.05, 3.63) is 62.9 Å². The summed E-state index contributed by atoms with van der Waals surface area (Å²) in [7, 11) is 0. The number of aromatic carboxylic acids is 1. The molecule has 0 amide bonds. The van der Waals surface area contributed by atoms with Crippen LogP contribution in [-0.4, -0.2) is 16.0 Å². The van der Waals surface area contributed by atoms with Gasteiger partial charge in [-0.25, -0.2) is 9.18 Å². The lowest BCUT2D eigenvalue weighted by Crippen LogP contribution is -1.95. The normalized spacial score (nSPS) is 10.4. The van der Waals surface area contributed by atoms with E-state index in [-0.39, 0.29) is 15.5 Å². The minimum absolute atomic E-state index is 0.103. The summed E-state index contributed by atoms with van der Waals surface area (Å²) >= 11 is 6.63. The second kappa shape index (κ2) is 6.11. The molecule has 0 atom stereocenters. The van der Waals surface area contributed by atoms with Crippen LogP contribution in [-0.2, 0) is 0 Å². The molecule has 108 valence electrons. The highest BCUT2D eigenvalue weighted by Crippen LogP contribution is 2.37. The lowest BCUT2D eigenvalue weighted by atomic mass is 10.2. The van der Waals surface area contributed by atoms with E-state index in [2.05, 4.69) is 0 Å². The molecule has 21 heavy (non-hydrogen) atoms. The minimum atomic E-state index is -1.07. The van der Waals surface area contributed by atoms with Crippen molar-refractivity contribution in [2.75, 3.05) is 0 Å². The molecule has 2 rings (SSSR count). The van der Waals surface area contributed by atoms with Crippen LogP contribution in [0.4, 0.5) is 10.1 Å². The van der Waals surface area contributed by atoms with Crippen LogP contribution in [0, 0.1) is 15.9 Å². The van der Waals surface area contributed by atoms with Gasteiger partial charge in [-0.2, -0.15) is 0 Å². The highest BCUT2D eigenvalue weighted by atomic mass is 35.5. The van der Waals surface area contributed by atoms with Crippen LogP contribution in [0.25, 0.3) is 0 Å². The fourth-order valence-electron chi connectivity index (χ4n) is 1.54. The first-order valence-corrected chi connectivity index (χ1v) is 6.72. The smallest absolute Gasteiger partial charge is 0.335 e. The van der Waals surface area contributed by atoms with Gasteiger partial charge in [-0.05, 0) is 30.3 Å². The van der Waals surface area contributed by atoms with Crippen molar-refractivity contribution in [2.24, 2.45) is 0 Å². The van der Waals surface area contributed by atoms with Crippen molar-refractivity contribution in [1.29, 1.82) is 0 Å². The van der Waals surface area contributed by atoms with E-state index in [1.54, 1.807) is 0 Å².